The summed E-state index contributed by atoms with van der Waals surface area (Å²) in [5, 5.41) is 13.0. The highest BCUT2D eigenvalue weighted by Crippen LogP contribution is 2.28. The molecule has 0 atom stereocenters. The topological polar surface area (TPSA) is 44.9 Å². The fraction of sp³-hybridized carbons (Fsp3) is 0.412. The maximum atomic E-state index is 13.9. The Morgan fingerprint density at radius 3 is 2.73 bits per heavy atom. The van der Waals surface area contributed by atoms with Crippen LogP contribution in [0.1, 0.15) is 35.4 Å². The van der Waals surface area contributed by atoms with E-state index in [-0.39, 0.29) is 5.82 Å². The Hall–Kier alpha value is -2.19. The molecule has 1 fully saturated rings. The van der Waals surface area contributed by atoms with Crippen LogP contribution in [0.5, 0.6) is 0 Å². The van der Waals surface area contributed by atoms with Crippen LogP contribution in [0.25, 0.3) is 0 Å². The van der Waals surface area contributed by atoms with Crippen molar-refractivity contribution in [3.05, 3.63) is 53.1 Å². The van der Waals surface area contributed by atoms with Crippen LogP contribution in [-0.2, 0) is 13.6 Å². The molecule has 1 aromatic heterocycles. The van der Waals surface area contributed by atoms with Gasteiger partial charge in [-0.1, -0.05) is 6.07 Å². The summed E-state index contributed by atoms with van der Waals surface area (Å²) in [4.78, 5) is 2.28. The van der Waals surface area contributed by atoms with Crippen LogP contribution in [-0.4, -0.2) is 27.8 Å². The average Bonchev–Trinajstić information content (AvgIpc) is 2.96. The minimum absolute atomic E-state index is 0.284. The summed E-state index contributed by atoms with van der Waals surface area (Å²) in [6.45, 7) is 2.52. The fourth-order valence-electron chi connectivity index (χ4n) is 3.06. The van der Waals surface area contributed by atoms with Gasteiger partial charge in [-0.15, -0.1) is 0 Å². The lowest BCUT2D eigenvalue weighted by molar-refractivity contribution is 0.202. The van der Waals surface area contributed by atoms with Gasteiger partial charge in [0, 0.05) is 25.4 Å². The molecule has 114 valence electrons. The van der Waals surface area contributed by atoms with Crippen molar-refractivity contribution in [1.82, 2.24) is 14.7 Å². The van der Waals surface area contributed by atoms with E-state index < -0.39 is 0 Å². The van der Waals surface area contributed by atoms with Crippen molar-refractivity contribution < 1.29 is 4.39 Å². The number of halogens is 1. The lowest BCUT2D eigenvalue weighted by Gasteiger charge is -2.31. The number of aryl methyl sites for hydroxylation is 1. The van der Waals surface area contributed by atoms with Crippen molar-refractivity contribution >= 4 is 0 Å². The van der Waals surface area contributed by atoms with Gasteiger partial charge in [-0.2, -0.15) is 10.4 Å². The van der Waals surface area contributed by atoms with Gasteiger partial charge in [0.1, 0.15) is 5.82 Å². The van der Waals surface area contributed by atoms with Gasteiger partial charge in [0.15, 0.2) is 0 Å². The van der Waals surface area contributed by atoms with E-state index in [1.165, 1.54) is 11.6 Å². The van der Waals surface area contributed by atoms with Gasteiger partial charge < -0.3 is 0 Å². The maximum absolute atomic E-state index is 13.9. The highest BCUT2D eigenvalue weighted by Gasteiger charge is 2.22. The highest BCUT2D eigenvalue weighted by molar-refractivity contribution is 5.32. The molecule has 0 N–H and O–H groups in total. The molecule has 4 nitrogen and oxygen atoms in total. The summed E-state index contributed by atoms with van der Waals surface area (Å²) in [5.41, 5.74) is 2.34. The molecule has 0 saturated carbocycles. The third-order valence-corrected chi connectivity index (χ3v) is 4.36. The number of rotatable bonds is 3. The third kappa shape index (κ3) is 3.18. The standard InChI is InChI=1S/C17H19FN4/c1-21-11-16(10-20-21)14-4-6-22(7-5-14)12-15-3-2-13(9-19)8-17(15)18/h2-3,8,10-11,14H,4-7,12H2,1H3. The number of benzene rings is 1. The first-order valence-corrected chi connectivity index (χ1v) is 7.55. The molecule has 0 unspecified atom stereocenters. The lowest BCUT2D eigenvalue weighted by atomic mass is 9.91. The van der Waals surface area contributed by atoms with E-state index >= 15 is 0 Å². The quantitative estimate of drug-likeness (QED) is 0.875. The van der Waals surface area contributed by atoms with Crippen molar-refractivity contribution in [2.75, 3.05) is 13.1 Å². The van der Waals surface area contributed by atoms with Crippen LogP contribution in [0.15, 0.2) is 30.6 Å². The second kappa shape index (κ2) is 6.29. The zero-order valence-corrected chi connectivity index (χ0v) is 12.7. The predicted molar refractivity (Wildman–Crippen MR) is 81.6 cm³/mol. The van der Waals surface area contributed by atoms with Crippen LogP contribution in [0.2, 0.25) is 0 Å². The van der Waals surface area contributed by atoms with Crippen LogP contribution < -0.4 is 0 Å². The third-order valence-electron chi connectivity index (χ3n) is 4.36. The van der Waals surface area contributed by atoms with Gasteiger partial charge in [0.05, 0.1) is 17.8 Å². The number of aromatic nitrogens is 2. The van der Waals surface area contributed by atoms with Gasteiger partial charge >= 0.3 is 0 Å². The molecule has 1 aromatic carbocycles. The van der Waals surface area contributed by atoms with E-state index in [2.05, 4.69) is 16.2 Å². The number of nitriles is 1. The molecule has 1 aliphatic rings. The molecule has 5 heteroatoms. The Labute approximate surface area is 129 Å². The van der Waals surface area contributed by atoms with Gasteiger partial charge in [-0.05, 0) is 49.5 Å². The summed E-state index contributed by atoms with van der Waals surface area (Å²) < 4.78 is 15.8. The zero-order valence-electron chi connectivity index (χ0n) is 12.7. The normalized spacial score (nSPS) is 16.6. The number of hydrogen-bond acceptors (Lipinski definition) is 3. The Morgan fingerprint density at radius 1 is 1.36 bits per heavy atom. The Balaban J connectivity index is 1.59. The van der Waals surface area contributed by atoms with Crippen molar-refractivity contribution in [3.63, 3.8) is 0 Å². The van der Waals surface area contributed by atoms with Gasteiger partial charge in [0.25, 0.3) is 0 Å². The molecule has 1 saturated heterocycles. The number of hydrogen-bond donors (Lipinski definition) is 0. The van der Waals surface area contributed by atoms with E-state index in [0.717, 1.165) is 25.9 Å². The highest BCUT2D eigenvalue weighted by atomic mass is 19.1. The van der Waals surface area contributed by atoms with E-state index in [9.17, 15) is 4.39 Å². The number of likely N-dealkylation sites (tertiary alicyclic amines) is 1. The molecule has 2 heterocycles. The smallest absolute Gasteiger partial charge is 0.129 e. The molecule has 0 spiro atoms. The van der Waals surface area contributed by atoms with E-state index in [1.807, 2.05) is 24.0 Å². The summed E-state index contributed by atoms with van der Waals surface area (Å²) >= 11 is 0. The van der Waals surface area contributed by atoms with Gasteiger partial charge in [0.2, 0.25) is 0 Å². The van der Waals surface area contributed by atoms with E-state index in [4.69, 9.17) is 5.26 Å². The summed E-state index contributed by atoms with van der Waals surface area (Å²) in [7, 11) is 1.94. The Kier molecular flexibility index (Phi) is 4.21. The summed E-state index contributed by atoms with van der Waals surface area (Å²) in [6.07, 6.45) is 6.18. The number of piperidine rings is 1. The van der Waals surface area contributed by atoms with Crippen molar-refractivity contribution in [1.29, 1.82) is 5.26 Å². The zero-order chi connectivity index (χ0) is 15.5. The minimum Gasteiger partial charge on any atom is -0.299 e. The first-order chi connectivity index (χ1) is 10.7. The second-order valence-electron chi connectivity index (χ2n) is 5.92. The monoisotopic (exact) mass is 298 g/mol. The van der Waals surface area contributed by atoms with E-state index in [1.54, 1.807) is 12.1 Å². The second-order valence-corrected chi connectivity index (χ2v) is 5.92. The van der Waals surface area contributed by atoms with Crippen LogP contribution in [0, 0.1) is 17.1 Å². The maximum Gasteiger partial charge on any atom is 0.129 e. The van der Waals surface area contributed by atoms with Gasteiger partial charge in [-0.25, -0.2) is 4.39 Å². The fourth-order valence-corrected chi connectivity index (χ4v) is 3.06. The van der Waals surface area contributed by atoms with Crippen molar-refractivity contribution in [2.45, 2.75) is 25.3 Å². The van der Waals surface area contributed by atoms with Gasteiger partial charge in [-0.3, -0.25) is 9.58 Å². The van der Waals surface area contributed by atoms with Crippen LogP contribution in [0.3, 0.4) is 0 Å². The molecular formula is C17H19FN4. The minimum atomic E-state index is -0.284. The average molecular weight is 298 g/mol. The molecule has 1 aliphatic heterocycles. The molecule has 0 radical (unpaired) electrons. The predicted octanol–water partition coefficient (Wildman–Crippen LogP) is 2.81. The molecule has 0 aliphatic carbocycles. The summed E-state index contributed by atoms with van der Waals surface area (Å²) in [5.74, 6) is 0.268. The van der Waals surface area contributed by atoms with E-state index in [0.29, 0.717) is 23.6 Å². The first-order valence-electron chi connectivity index (χ1n) is 7.55. The molecular weight excluding hydrogens is 279 g/mol. The molecule has 2 aromatic rings. The van der Waals surface area contributed by atoms with Crippen molar-refractivity contribution in [2.24, 2.45) is 7.05 Å². The van der Waals surface area contributed by atoms with Crippen LogP contribution in [0.4, 0.5) is 4.39 Å². The molecule has 0 bridgehead atoms. The number of nitrogens with zero attached hydrogens (tertiary/aromatic N) is 4. The molecule has 22 heavy (non-hydrogen) atoms. The first kappa shape index (κ1) is 14.7. The lowest BCUT2D eigenvalue weighted by Crippen LogP contribution is -2.32. The summed E-state index contributed by atoms with van der Waals surface area (Å²) in [6, 6.07) is 6.68. The SMILES string of the molecule is Cn1cc(C2CCN(Cc3ccc(C#N)cc3F)CC2)cn1. The Morgan fingerprint density at radius 2 is 2.14 bits per heavy atom. The van der Waals surface area contributed by atoms with Crippen LogP contribution >= 0.6 is 0 Å². The van der Waals surface area contributed by atoms with Crippen molar-refractivity contribution in [3.8, 4) is 6.07 Å². The molecule has 0 amide bonds. The largest absolute Gasteiger partial charge is 0.299 e. The Bertz CT molecular complexity index is 693. The molecule has 3 rings (SSSR count).